The summed E-state index contributed by atoms with van der Waals surface area (Å²) in [5.41, 5.74) is 0.404. The number of urea groups is 1. The second-order valence-electron chi connectivity index (χ2n) is 4.77. The van der Waals surface area contributed by atoms with Gasteiger partial charge in [0.1, 0.15) is 5.54 Å². The average molecular weight is 238 g/mol. The third-order valence-corrected chi connectivity index (χ3v) is 3.38. The third-order valence-electron chi connectivity index (χ3n) is 3.38. The van der Waals surface area contributed by atoms with Gasteiger partial charge in [-0.15, -0.1) is 0 Å². The summed E-state index contributed by atoms with van der Waals surface area (Å²) in [5.74, 6) is -0.939. The molecule has 3 N–H and O–H groups in total. The zero-order valence-electron chi connectivity index (χ0n) is 9.79. The molecule has 0 radical (unpaired) electrons. The molecule has 0 aliphatic heterocycles. The van der Waals surface area contributed by atoms with Gasteiger partial charge in [0.15, 0.2) is 0 Å². The zero-order chi connectivity index (χ0) is 12.3. The molecular weight excluding hydrogens is 220 g/mol. The number of hydrogen-bond acceptors (Lipinski definition) is 2. The number of aliphatic carboxylic acids is 1. The van der Waals surface area contributed by atoms with Gasteiger partial charge in [-0.2, -0.15) is 0 Å². The van der Waals surface area contributed by atoms with Crippen molar-refractivity contribution in [3.05, 3.63) is 11.6 Å². The van der Waals surface area contributed by atoms with Gasteiger partial charge in [-0.05, 0) is 38.5 Å². The van der Waals surface area contributed by atoms with E-state index < -0.39 is 11.5 Å². The van der Waals surface area contributed by atoms with Crippen LogP contribution in [0.1, 0.15) is 38.5 Å². The minimum atomic E-state index is -0.989. The van der Waals surface area contributed by atoms with E-state index in [2.05, 4.69) is 16.7 Å². The van der Waals surface area contributed by atoms with Gasteiger partial charge in [0, 0.05) is 6.54 Å². The Morgan fingerprint density at radius 1 is 1.41 bits per heavy atom. The van der Waals surface area contributed by atoms with Crippen molar-refractivity contribution in [3.63, 3.8) is 0 Å². The van der Waals surface area contributed by atoms with E-state index >= 15 is 0 Å². The molecule has 0 heterocycles. The van der Waals surface area contributed by atoms with E-state index in [-0.39, 0.29) is 6.03 Å². The number of allylic oxidation sites excluding steroid dienone is 1. The van der Waals surface area contributed by atoms with E-state index in [1.165, 1.54) is 12.0 Å². The van der Waals surface area contributed by atoms with Crippen LogP contribution in [0.15, 0.2) is 11.6 Å². The van der Waals surface area contributed by atoms with Crippen molar-refractivity contribution in [1.29, 1.82) is 0 Å². The Morgan fingerprint density at radius 3 is 2.71 bits per heavy atom. The first kappa shape index (κ1) is 12.0. The van der Waals surface area contributed by atoms with E-state index in [0.717, 1.165) is 19.3 Å². The van der Waals surface area contributed by atoms with Gasteiger partial charge in [0.2, 0.25) is 0 Å². The summed E-state index contributed by atoms with van der Waals surface area (Å²) in [4.78, 5) is 22.3. The molecule has 2 aliphatic carbocycles. The molecule has 0 aromatic rings. The minimum Gasteiger partial charge on any atom is -0.480 e. The van der Waals surface area contributed by atoms with Gasteiger partial charge in [-0.25, -0.2) is 9.59 Å². The second-order valence-corrected chi connectivity index (χ2v) is 4.77. The molecule has 17 heavy (non-hydrogen) atoms. The lowest BCUT2D eigenvalue weighted by atomic mass is 10.2. The highest BCUT2D eigenvalue weighted by molar-refractivity contribution is 5.88. The van der Waals surface area contributed by atoms with Crippen LogP contribution >= 0.6 is 0 Å². The van der Waals surface area contributed by atoms with Crippen molar-refractivity contribution in [1.82, 2.24) is 10.6 Å². The van der Waals surface area contributed by atoms with E-state index in [4.69, 9.17) is 5.11 Å². The van der Waals surface area contributed by atoms with Gasteiger partial charge >= 0.3 is 12.0 Å². The van der Waals surface area contributed by atoms with Crippen molar-refractivity contribution in [2.24, 2.45) is 0 Å². The maximum absolute atomic E-state index is 11.5. The summed E-state index contributed by atoms with van der Waals surface area (Å²) >= 11 is 0. The van der Waals surface area contributed by atoms with Gasteiger partial charge < -0.3 is 15.7 Å². The number of hydrogen-bond donors (Lipinski definition) is 3. The number of amides is 2. The zero-order valence-corrected chi connectivity index (χ0v) is 9.79. The molecule has 0 atom stereocenters. The Bertz CT molecular complexity index is 359. The molecule has 5 heteroatoms. The molecule has 0 saturated heterocycles. The highest BCUT2D eigenvalue weighted by Crippen LogP contribution is 2.35. The van der Waals surface area contributed by atoms with Crippen molar-refractivity contribution in [2.75, 3.05) is 6.54 Å². The van der Waals surface area contributed by atoms with Crippen LogP contribution in [-0.2, 0) is 4.79 Å². The number of rotatable bonds is 5. The van der Waals surface area contributed by atoms with E-state index in [1.807, 2.05) is 0 Å². The van der Waals surface area contributed by atoms with Crippen LogP contribution in [0.25, 0.3) is 0 Å². The van der Waals surface area contributed by atoms with Crippen molar-refractivity contribution in [2.45, 2.75) is 44.1 Å². The maximum atomic E-state index is 11.5. The van der Waals surface area contributed by atoms with Crippen LogP contribution < -0.4 is 10.6 Å². The molecule has 5 nitrogen and oxygen atoms in total. The first-order chi connectivity index (χ1) is 8.12. The van der Waals surface area contributed by atoms with Crippen molar-refractivity contribution in [3.8, 4) is 0 Å². The number of nitrogens with one attached hydrogen (secondary N) is 2. The lowest BCUT2D eigenvalue weighted by Crippen LogP contribution is -2.48. The van der Waals surface area contributed by atoms with Crippen LogP contribution in [0.2, 0.25) is 0 Å². The SMILES string of the molecule is O=C(NCCC1=CCCC1)NC1(C(=O)O)CC1. The number of carboxylic acid groups (broad SMARTS) is 1. The lowest BCUT2D eigenvalue weighted by Gasteiger charge is -2.13. The quantitative estimate of drug-likeness (QED) is 0.633. The van der Waals surface area contributed by atoms with Crippen LogP contribution in [0, 0.1) is 0 Å². The van der Waals surface area contributed by atoms with Gasteiger partial charge in [0.25, 0.3) is 0 Å². The smallest absolute Gasteiger partial charge is 0.329 e. The standard InChI is InChI=1S/C12H18N2O3/c15-10(16)12(6-7-12)14-11(17)13-8-5-9-3-1-2-4-9/h3H,1-2,4-8H2,(H,15,16)(H2,13,14,17). The maximum Gasteiger partial charge on any atom is 0.329 e. The topological polar surface area (TPSA) is 78.4 Å². The van der Waals surface area contributed by atoms with Crippen LogP contribution in [-0.4, -0.2) is 29.2 Å². The largest absolute Gasteiger partial charge is 0.480 e. The minimum absolute atomic E-state index is 0.372. The fourth-order valence-electron chi connectivity index (χ4n) is 2.08. The summed E-state index contributed by atoms with van der Waals surface area (Å²) in [6.45, 7) is 0.577. The number of carbonyl (C=O) groups excluding carboxylic acids is 1. The molecule has 1 fully saturated rings. The van der Waals surface area contributed by atoms with Crippen LogP contribution in [0.4, 0.5) is 4.79 Å². The molecule has 94 valence electrons. The monoisotopic (exact) mass is 238 g/mol. The molecular formula is C12H18N2O3. The fourth-order valence-corrected chi connectivity index (χ4v) is 2.08. The van der Waals surface area contributed by atoms with Crippen LogP contribution in [0.3, 0.4) is 0 Å². The first-order valence-electron chi connectivity index (χ1n) is 6.10. The predicted molar refractivity (Wildman–Crippen MR) is 62.7 cm³/mol. The molecule has 0 bridgehead atoms. The van der Waals surface area contributed by atoms with Crippen LogP contribution in [0.5, 0.6) is 0 Å². The summed E-state index contributed by atoms with van der Waals surface area (Å²) in [6, 6.07) is -0.372. The molecule has 0 spiro atoms. The van der Waals surface area contributed by atoms with E-state index in [0.29, 0.717) is 19.4 Å². The number of carbonyl (C=O) groups is 2. The van der Waals surface area contributed by atoms with E-state index in [1.54, 1.807) is 0 Å². The Labute approximate surface area is 100 Å². The van der Waals surface area contributed by atoms with Gasteiger partial charge in [-0.3, -0.25) is 0 Å². The second kappa shape index (κ2) is 4.77. The fraction of sp³-hybridized carbons (Fsp3) is 0.667. The Balaban J connectivity index is 1.66. The summed E-state index contributed by atoms with van der Waals surface area (Å²) in [5, 5.41) is 14.1. The molecule has 0 aromatic carbocycles. The van der Waals surface area contributed by atoms with E-state index in [9.17, 15) is 9.59 Å². The highest BCUT2D eigenvalue weighted by Gasteiger charge is 2.51. The molecule has 2 rings (SSSR count). The molecule has 2 amide bonds. The molecule has 0 aromatic heterocycles. The highest BCUT2D eigenvalue weighted by atomic mass is 16.4. The molecule has 1 saturated carbocycles. The Kier molecular flexibility index (Phi) is 3.36. The Morgan fingerprint density at radius 2 is 2.18 bits per heavy atom. The van der Waals surface area contributed by atoms with Gasteiger partial charge in [0.05, 0.1) is 0 Å². The predicted octanol–water partition coefficient (Wildman–Crippen LogP) is 1.40. The summed E-state index contributed by atoms with van der Waals surface area (Å²) < 4.78 is 0. The lowest BCUT2D eigenvalue weighted by molar-refractivity contribution is -0.140. The van der Waals surface area contributed by atoms with Gasteiger partial charge in [-0.1, -0.05) is 11.6 Å². The first-order valence-corrected chi connectivity index (χ1v) is 6.10. The Hall–Kier alpha value is -1.52. The normalized spacial score (nSPS) is 20.6. The van der Waals surface area contributed by atoms with Crippen molar-refractivity contribution < 1.29 is 14.7 Å². The summed E-state index contributed by atoms with van der Waals surface area (Å²) in [7, 11) is 0. The average Bonchev–Trinajstić information content (AvgIpc) is 2.87. The van der Waals surface area contributed by atoms with Crippen molar-refractivity contribution >= 4 is 12.0 Å². The molecule has 2 aliphatic rings. The summed E-state index contributed by atoms with van der Waals surface area (Å²) in [6.07, 6.45) is 7.63. The third kappa shape index (κ3) is 2.99. The number of carboxylic acids is 1. The molecule has 0 unspecified atom stereocenters.